The van der Waals surface area contributed by atoms with Gasteiger partial charge in [-0.05, 0) is 248 Å². The van der Waals surface area contributed by atoms with Gasteiger partial charge in [0, 0.05) is 106 Å². The molecule has 11 aromatic heterocycles. The Hall–Kier alpha value is -14.6. The molecule has 23 nitrogen and oxygen atoms in total. The van der Waals surface area contributed by atoms with Crippen molar-refractivity contribution in [2.24, 2.45) is 0 Å². The molecule has 3 saturated heterocycles. The fourth-order valence-corrected chi connectivity index (χ4v) is 20.0. The lowest BCUT2D eigenvalue weighted by Gasteiger charge is -2.38. The van der Waals surface area contributed by atoms with Crippen LogP contribution < -0.4 is 5.59 Å². The smallest absolute Gasteiger partial charge is 0.405 e. The van der Waals surface area contributed by atoms with Crippen LogP contribution in [0.2, 0.25) is 0 Å². The van der Waals surface area contributed by atoms with Crippen LogP contribution in [0.15, 0.2) is 410 Å². The van der Waals surface area contributed by atoms with Gasteiger partial charge >= 0.3 is 32.8 Å². The molecule has 0 N–H and O–H groups in total. The van der Waals surface area contributed by atoms with Crippen molar-refractivity contribution in [3.8, 4) is 11.4 Å². The van der Waals surface area contributed by atoms with Crippen molar-refractivity contribution in [3.05, 3.63) is 481 Å². The number of hydrogen-bond donors (Lipinski definition) is 0. The Morgan fingerprint density at radius 2 is 0.528 bits per heavy atom. The molecular weight excluding hydrogens is 1930 g/mol. The molecule has 3 fully saturated rings. The van der Waals surface area contributed by atoms with Gasteiger partial charge in [-0.2, -0.15) is 0 Å². The van der Waals surface area contributed by atoms with E-state index in [0.29, 0.717) is 16.0 Å². The van der Waals surface area contributed by atoms with Crippen LogP contribution in [0.4, 0.5) is 11.6 Å². The minimum absolute atomic E-state index is 0. The summed E-state index contributed by atoms with van der Waals surface area (Å²) in [6.45, 7) is 24.5. The van der Waals surface area contributed by atoms with Crippen LogP contribution >= 0.6 is 31.9 Å². The summed E-state index contributed by atoms with van der Waals surface area (Å²) in [6, 6.07) is 123. The van der Waals surface area contributed by atoms with E-state index in [9.17, 15) is 20.2 Å². The summed E-state index contributed by atoms with van der Waals surface area (Å²) < 4.78 is 45.1. The largest absolute Gasteiger partial charge is 0.514 e. The highest BCUT2D eigenvalue weighted by molar-refractivity contribution is 9.10. The Morgan fingerprint density at radius 1 is 0.271 bits per heavy atom. The fraction of sp³-hybridized carbons (Fsp3) is 0.183. The van der Waals surface area contributed by atoms with Gasteiger partial charge < -0.3 is 61.9 Å². The number of halogens is 2. The van der Waals surface area contributed by atoms with Crippen LogP contribution in [0.1, 0.15) is 133 Å². The third kappa shape index (κ3) is 18.2. The molecular formula is C115H102B4Br2N13O10. The SMILES string of the molecule is Brc1ccc2c3cnccc3n(C(c3ccccc3)(c3ccccc3)c3ccccc3)c2n1.CC1(C)OB(B2OC(C)(C)C(C)(C)O2)OC1(C)C.CC1(C)OB(c2ccc3c4cnccc4n(C(c4ccccc4)(c4ccccc4)c4ccccc4)c3n2)OC1(C)C.O=[N+]([O-])c1cccc(-c2ccc3c4cnccc4n(C(c4ccccc4)(c4ccccc4)c4ccccc4)c3n2)n1.O=[N+]([O-])c1cccc(Br)n1.[B]. The third-order valence-corrected chi connectivity index (χ3v) is 29.2. The van der Waals surface area contributed by atoms with Crippen molar-refractivity contribution in [2.75, 3.05) is 0 Å². The normalized spacial score (nSPS) is 15.3. The van der Waals surface area contributed by atoms with E-state index in [-0.39, 0.29) is 42.5 Å². The van der Waals surface area contributed by atoms with Crippen LogP contribution in [0.5, 0.6) is 0 Å². The van der Waals surface area contributed by atoms with Gasteiger partial charge in [-0.25, -0.2) is 15.0 Å². The van der Waals surface area contributed by atoms with Gasteiger partial charge in [0.15, 0.2) is 0 Å². The zero-order valence-corrected chi connectivity index (χ0v) is 84.7. The van der Waals surface area contributed by atoms with Gasteiger partial charge in [0.2, 0.25) is 10.3 Å². The quantitative estimate of drug-likeness (QED) is 0.0270. The predicted octanol–water partition coefficient (Wildman–Crippen LogP) is 24.9. The number of hydrogen-bond acceptors (Lipinski definition) is 18. The van der Waals surface area contributed by atoms with E-state index < -0.39 is 58.8 Å². The lowest BCUT2D eigenvalue weighted by Crippen LogP contribution is -2.41. The topological polar surface area (TPSA) is 260 Å². The second kappa shape index (κ2) is 40.3. The second-order valence-corrected chi connectivity index (χ2v) is 40.0. The first-order valence-electron chi connectivity index (χ1n) is 47.3. The molecule has 0 atom stereocenters. The van der Waals surface area contributed by atoms with E-state index >= 15 is 0 Å². The summed E-state index contributed by atoms with van der Waals surface area (Å²) >= 11 is 6.63. The first kappa shape index (κ1) is 99.5. The number of benzene rings is 9. The lowest BCUT2D eigenvalue weighted by atomic mass is 9.49. The Kier molecular flexibility index (Phi) is 27.8. The van der Waals surface area contributed by atoms with Crippen molar-refractivity contribution in [1.82, 2.24) is 53.6 Å². The zero-order chi connectivity index (χ0) is 99.9. The molecule has 713 valence electrons. The average molecular weight is 2030 g/mol. The second-order valence-electron chi connectivity index (χ2n) is 38.3. The Bertz CT molecular complexity index is 7640. The standard InChI is InChI=1S/C35H32BN3O2.C34H23N5O2.C29H20BrN3.C12H24B2O4.C5H3BrN2O2.B/c1-33(2)34(3,4)41-36(40-33)31-21-20-28-29-24-37-23-22-30(29)39(32(28)38-31)35(25-14-8-5-9-15-25,26-16-10-6-11-17-26)27-18-12-7-13-19-27;40-39(41)32-18-10-17-29(36-32)30-20-19-27-28-23-35-22-21-31(28)38(33(27)37-30)34(24-11-4-1-5-12-24,25-13-6-2-7-14-25)26-15-8-3-9-16-26;30-27-17-16-24-25-20-31-19-18-26(25)33(28(24)32-27)29(21-10-4-1-5-11-21,22-12-6-2-7-13-22)23-14-8-3-9-15-23;1-9(2)10(3,4)16-13(15-9)14-17-11(5,6)12(7,8)18-14;6-4-2-1-3-5(7-4)8(9)10;/h5-24H,1-4H3;1-23H;1-20H;1-8H3;1-3H;. The van der Waals surface area contributed by atoms with E-state index in [4.69, 9.17) is 42.9 Å². The van der Waals surface area contributed by atoms with Gasteiger partial charge in [-0.15, -0.1) is 0 Å². The molecule has 20 aromatic rings. The number of pyridine rings is 8. The molecule has 3 aliphatic heterocycles. The molecule has 0 unspecified atom stereocenters. The third-order valence-electron chi connectivity index (χ3n) is 28.3. The van der Waals surface area contributed by atoms with Crippen molar-refractivity contribution in [3.63, 3.8) is 0 Å². The number of nitro groups is 2. The summed E-state index contributed by atoms with van der Waals surface area (Å²) in [4.78, 5) is 57.4. The van der Waals surface area contributed by atoms with Crippen LogP contribution in [-0.2, 0) is 44.5 Å². The van der Waals surface area contributed by atoms with Gasteiger partial charge in [-0.3, -0.25) is 15.0 Å². The van der Waals surface area contributed by atoms with Crippen LogP contribution in [0.25, 0.3) is 77.2 Å². The fourth-order valence-electron chi connectivity index (χ4n) is 19.4. The molecule has 0 spiro atoms. The minimum atomic E-state index is -0.813. The van der Waals surface area contributed by atoms with Crippen LogP contribution in [0, 0.1) is 20.2 Å². The van der Waals surface area contributed by atoms with E-state index in [1.165, 1.54) is 28.8 Å². The molecule has 29 heteroatoms. The Labute approximate surface area is 855 Å². The Balaban J connectivity index is 0.000000125. The summed E-state index contributed by atoms with van der Waals surface area (Å²) in [5.41, 5.74) is 12.8. The first-order valence-corrected chi connectivity index (χ1v) is 48.8. The van der Waals surface area contributed by atoms with Crippen molar-refractivity contribution < 1.29 is 37.8 Å². The summed E-state index contributed by atoms with van der Waals surface area (Å²) in [7, 11) is -1.53. The zero-order valence-electron chi connectivity index (χ0n) is 81.6. The average Bonchev–Trinajstić information content (AvgIpc) is 1.52. The van der Waals surface area contributed by atoms with Gasteiger partial charge in [0.05, 0.1) is 55.7 Å². The molecule has 14 heterocycles. The summed E-state index contributed by atoms with van der Waals surface area (Å²) in [6.07, 6.45) is 11.3. The van der Waals surface area contributed by atoms with Crippen molar-refractivity contribution >= 4 is 144 Å². The van der Waals surface area contributed by atoms with Crippen LogP contribution in [-0.4, -0.2) is 127 Å². The monoisotopic (exact) mass is 2030 g/mol. The number of fused-ring (bicyclic) bond motifs is 9. The number of rotatable bonds is 17. The highest BCUT2D eigenvalue weighted by atomic mass is 79.9. The predicted molar refractivity (Wildman–Crippen MR) is 579 cm³/mol. The Morgan fingerprint density at radius 3 is 0.826 bits per heavy atom. The molecule has 9 aromatic carbocycles. The minimum Gasteiger partial charge on any atom is -0.405 e. The molecule has 23 rings (SSSR count). The number of nitrogens with zero attached hydrogens (tertiary/aromatic N) is 13. The van der Waals surface area contributed by atoms with E-state index in [1.807, 2.05) is 135 Å². The van der Waals surface area contributed by atoms with Gasteiger partial charge in [-0.1, -0.05) is 273 Å². The molecule has 0 amide bonds. The molecule has 144 heavy (non-hydrogen) atoms. The summed E-state index contributed by atoms with van der Waals surface area (Å²) in [5.74, 6) is -0.365. The lowest BCUT2D eigenvalue weighted by molar-refractivity contribution is -0.389. The molecule has 0 bridgehead atoms. The highest BCUT2D eigenvalue weighted by Crippen LogP contribution is 2.52. The van der Waals surface area contributed by atoms with E-state index in [0.717, 1.165) is 109 Å². The molecule has 3 radical (unpaired) electrons. The van der Waals surface area contributed by atoms with Crippen molar-refractivity contribution in [1.29, 1.82) is 0 Å². The van der Waals surface area contributed by atoms with E-state index in [2.05, 4.69) is 377 Å². The first-order chi connectivity index (χ1) is 68.9. The summed E-state index contributed by atoms with van der Waals surface area (Å²) in [5, 5.41) is 27.7. The van der Waals surface area contributed by atoms with E-state index in [1.54, 1.807) is 30.5 Å². The maximum atomic E-state index is 11.5. The molecule has 0 aliphatic carbocycles. The van der Waals surface area contributed by atoms with Gasteiger partial charge in [0.1, 0.15) is 43.9 Å². The van der Waals surface area contributed by atoms with Gasteiger partial charge in [0.25, 0.3) is 0 Å². The molecule has 3 aliphatic rings. The maximum Gasteiger partial charge on any atom is 0.514 e. The maximum absolute atomic E-state index is 11.5. The molecule has 0 saturated carbocycles. The number of aromatic nitrogens is 11. The van der Waals surface area contributed by atoms with Crippen molar-refractivity contribution in [2.45, 2.75) is 133 Å². The van der Waals surface area contributed by atoms with Crippen LogP contribution in [0.3, 0.4) is 0 Å². The highest BCUT2D eigenvalue weighted by Gasteiger charge is 2.64.